The summed E-state index contributed by atoms with van der Waals surface area (Å²) >= 11 is 17.7. The zero-order valence-electron chi connectivity index (χ0n) is 9.77. The second-order valence-electron chi connectivity index (χ2n) is 5.59. The van der Waals surface area contributed by atoms with Gasteiger partial charge in [-0.05, 0) is 38.7 Å². The van der Waals surface area contributed by atoms with Crippen molar-refractivity contribution >= 4 is 50.5 Å². The van der Waals surface area contributed by atoms with Crippen molar-refractivity contribution in [1.82, 2.24) is 0 Å². The molecule has 0 radical (unpaired) electrons. The Balaban J connectivity index is 2.25. The fraction of sp³-hybridized carbons (Fsp3) is 0.667. The standard InChI is InChI=1S/C12H15BrCl2S/c1-11(2)9(12(11,3)4)8(14)7-5-6(13)10(15)16-7/h5,8-9H,1-4H3. The second kappa shape index (κ2) is 3.88. The molecule has 1 fully saturated rings. The first-order valence-corrected chi connectivity index (χ1v) is 7.71. The van der Waals surface area contributed by atoms with Gasteiger partial charge in [-0.2, -0.15) is 0 Å². The van der Waals surface area contributed by atoms with Gasteiger partial charge in [0.2, 0.25) is 0 Å². The molecule has 1 atom stereocenters. The minimum Gasteiger partial charge on any atom is -0.126 e. The lowest BCUT2D eigenvalue weighted by Crippen LogP contribution is -1.97. The highest BCUT2D eigenvalue weighted by Gasteiger charge is 2.67. The first-order valence-electron chi connectivity index (χ1n) is 5.28. The minimum atomic E-state index is 0.0683. The molecule has 1 saturated carbocycles. The molecule has 4 heteroatoms. The molecule has 1 aliphatic carbocycles. The predicted molar refractivity (Wildman–Crippen MR) is 76.7 cm³/mol. The molecule has 0 amide bonds. The molecular weight excluding hydrogens is 327 g/mol. The molecule has 1 aromatic heterocycles. The van der Waals surface area contributed by atoms with Crippen LogP contribution >= 0.6 is 50.5 Å². The van der Waals surface area contributed by atoms with Crippen LogP contribution in [0, 0.1) is 16.7 Å². The fourth-order valence-corrected chi connectivity index (χ4v) is 5.22. The smallest absolute Gasteiger partial charge is 0.107 e. The highest BCUT2D eigenvalue weighted by Crippen LogP contribution is 2.74. The minimum absolute atomic E-state index is 0.0683. The van der Waals surface area contributed by atoms with Crippen molar-refractivity contribution in [3.05, 3.63) is 19.8 Å². The van der Waals surface area contributed by atoms with E-state index in [0.717, 1.165) is 8.81 Å². The van der Waals surface area contributed by atoms with Gasteiger partial charge in [-0.3, -0.25) is 0 Å². The summed E-state index contributed by atoms with van der Waals surface area (Å²) in [7, 11) is 0. The molecule has 0 saturated heterocycles. The van der Waals surface area contributed by atoms with Crippen LogP contribution in [-0.2, 0) is 0 Å². The van der Waals surface area contributed by atoms with Crippen LogP contribution in [0.2, 0.25) is 4.34 Å². The first kappa shape index (κ1) is 13.2. The van der Waals surface area contributed by atoms with Crippen molar-refractivity contribution < 1.29 is 0 Å². The van der Waals surface area contributed by atoms with Gasteiger partial charge in [-0.25, -0.2) is 0 Å². The van der Waals surface area contributed by atoms with Crippen LogP contribution in [0.15, 0.2) is 10.5 Å². The Morgan fingerprint density at radius 2 is 1.81 bits per heavy atom. The van der Waals surface area contributed by atoms with Gasteiger partial charge in [0.25, 0.3) is 0 Å². The van der Waals surface area contributed by atoms with Crippen LogP contribution in [0.1, 0.15) is 37.9 Å². The van der Waals surface area contributed by atoms with Crippen molar-refractivity contribution in [3.8, 4) is 0 Å². The van der Waals surface area contributed by atoms with Crippen LogP contribution in [0.3, 0.4) is 0 Å². The van der Waals surface area contributed by atoms with Gasteiger partial charge in [0.15, 0.2) is 0 Å². The van der Waals surface area contributed by atoms with Gasteiger partial charge in [0.05, 0.1) is 5.38 Å². The van der Waals surface area contributed by atoms with Crippen LogP contribution in [-0.4, -0.2) is 0 Å². The molecule has 1 heterocycles. The van der Waals surface area contributed by atoms with Crippen molar-refractivity contribution in [2.45, 2.75) is 33.1 Å². The summed E-state index contributed by atoms with van der Waals surface area (Å²) in [6.07, 6.45) is 0. The molecule has 1 aliphatic rings. The summed E-state index contributed by atoms with van der Waals surface area (Å²) in [4.78, 5) is 1.17. The highest BCUT2D eigenvalue weighted by atomic mass is 79.9. The molecule has 0 bridgehead atoms. The van der Waals surface area contributed by atoms with E-state index in [9.17, 15) is 0 Å². The SMILES string of the molecule is CC1(C)C(C(Cl)c2cc(Br)c(Cl)s2)C1(C)C. The Labute approximate surface area is 119 Å². The van der Waals surface area contributed by atoms with Crippen LogP contribution in [0.25, 0.3) is 0 Å². The number of halogens is 3. The molecule has 0 nitrogen and oxygen atoms in total. The quantitative estimate of drug-likeness (QED) is 0.568. The van der Waals surface area contributed by atoms with Crippen molar-refractivity contribution in [1.29, 1.82) is 0 Å². The maximum atomic E-state index is 6.59. The fourth-order valence-electron chi connectivity index (χ4n) is 2.64. The molecule has 1 aromatic rings. The Kier molecular flexibility index (Phi) is 3.20. The average Bonchev–Trinajstić information content (AvgIpc) is 2.39. The Morgan fingerprint density at radius 3 is 2.12 bits per heavy atom. The largest absolute Gasteiger partial charge is 0.126 e. The third-order valence-corrected chi connectivity index (χ3v) is 7.54. The molecule has 90 valence electrons. The van der Waals surface area contributed by atoms with E-state index in [2.05, 4.69) is 49.7 Å². The second-order valence-corrected chi connectivity index (χ2v) is 8.60. The van der Waals surface area contributed by atoms with E-state index in [1.807, 2.05) is 0 Å². The third-order valence-electron chi connectivity index (χ3n) is 4.36. The zero-order valence-corrected chi connectivity index (χ0v) is 13.7. The Bertz CT molecular complexity index is 389. The molecule has 0 spiro atoms. The molecule has 16 heavy (non-hydrogen) atoms. The Morgan fingerprint density at radius 1 is 1.31 bits per heavy atom. The number of rotatable bonds is 2. The van der Waals surface area contributed by atoms with Gasteiger partial charge in [-0.1, -0.05) is 39.3 Å². The van der Waals surface area contributed by atoms with Crippen LogP contribution < -0.4 is 0 Å². The third kappa shape index (κ3) is 1.77. The summed E-state index contributed by atoms with van der Waals surface area (Å²) < 4.78 is 1.74. The normalized spacial score (nSPS) is 24.4. The predicted octanol–water partition coefficient (Wildman–Crippen LogP) is 6.13. The number of thiophene rings is 1. The van der Waals surface area contributed by atoms with E-state index in [-0.39, 0.29) is 5.38 Å². The molecule has 2 rings (SSSR count). The summed E-state index contributed by atoms with van der Waals surface area (Å²) in [5, 5.41) is 0.0683. The molecule has 0 aromatic carbocycles. The lowest BCUT2D eigenvalue weighted by Gasteiger charge is -2.08. The summed E-state index contributed by atoms with van der Waals surface area (Å²) in [6, 6.07) is 2.05. The van der Waals surface area contributed by atoms with Crippen LogP contribution in [0.4, 0.5) is 0 Å². The number of hydrogen-bond donors (Lipinski definition) is 0. The Hall–Kier alpha value is 0.760. The van der Waals surface area contributed by atoms with Gasteiger partial charge >= 0.3 is 0 Å². The summed E-state index contributed by atoms with van der Waals surface area (Å²) in [5.74, 6) is 0.517. The van der Waals surface area contributed by atoms with Gasteiger partial charge in [0, 0.05) is 9.35 Å². The maximum Gasteiger partial charge on any atom is 0.107 e. The maximum absolute atomic E-state index is 6.59. The highest BCUT2D eigenvalue weighted by molar-refractivity contribution is 9.10. The molecular formula is C12H15BrCl2S. The van der Waals surface area contributed by atoms with E-state index >= 15 is 0 Å². The molecule has 0 aliphatic heterocycles. The van der Waals surface area contributed by atoms with Crippen LogP contribution in [0.5, 0.6) is 0 Å². The zero-order chi connectivity index (χ0) is 12.3. The van der Waals surface area contributed by atoms with E-state index < -0.39 is 0 Å². The average molecular weight is 342 g/mol. The van der Waals surface area contributed by atoms with E-state index in [1.54, 1.807) is 11.3 Å². The monoisotopic (exact) mass is 340 g/mol. The summed E-state index contributed by atoms with van der Waals surface area (Å²) in [6.45, 7) is 9.16. The van der Waals surface area contributed by atoms with E-state index in [4.69, 9.17) is 23.2 Å². The van der Waals surface area contributed by atoms with Crippen molar-refractivity contribution in [3.63, 3.8) is 0 Å². The molecule has 1 unspecified atom stereocenters. The van der Waals surface area contributed by atoms with Gasteiger partial charge < -0.3 is 0 Å². The first-order chi connectivity index (χ1) is 7.19. The topological polar surface area (TPSA) is 0 Å². The lowest BCUT2D eigenvalue weighted by molar-refractivity contribution is 0.457. The van der Waals surface area contributed by atoms with Crippen molar-refractivity contribution in [2.24, 2.45) is 16.7 Å². The van der Waals surface area contributed by atoms with Gasteiger partial charge in [-0.15, -0.1) is 22.9 Å². The summed E-state index contributed by atoms with van der Waals surface area (Å²) in [5.41, 5.74) is 0.616. The van der Waals surface area contributed by atoms with Crippen molar-refractivity contribution in [2.75, 3.05) is 0 Å². The molecule has 0 N–H and O–H groups in total. The lowest BCUT2D eigenvalue weighted by atomic mass is 10.0. The number of alkyl halides is 1. The van der Waals surface area contributed by atoms with E-state index in [1.165, 1.54) is 4.88 Å². The number of hydrogen-bond acceptors (Lipinski definition) is 1. The van der Waals surface area contributed by atoms with Gasteiger partial charge in [0.1, 0.15) is 4.34 Å². The van der Waals surface area contributed by atoms with E-state index in [0.29, 0.717) is 16.7 Å².